The van der Waals surface area contributed by atoms with Gasteiger partial charge >= 0.3 is 0 Å². The van der Waals surface area contributed by atoms with Gasteiger partial charge in [0.25, 0.3) is 5.78 Å². The van der Waals surface area contributed by atoms with E-state index in [1.165, 1.54) is 19.3 Å². The van der Waals surface area contributed by atoms with Gasteiger partial charge < -0.3 is 5.73 Å². The molecule has 2 aliphatic carbocycles. The Morgan fingerprint density at radius 2 is 2.00 bits per heavy atom. The first-order valence-electron chi connectivity index (χ1n) is 7.10. The highest BCUT2D eigenvalue weighted by molar-refractivity contribution is 5.34. The zero-order valence-electron chi connectivity index (χ0n) is 11.4. The first-order chi connectivity index (χ1) is 9.15. The van der Waals surface area contributed by atoms with Crippen LogP contribution in [0.25, 0.3) is 5.78 Å². The molecule has 2 aromatic heterocycles. The fourth-order valence-corrected chi connectivity index (χ4v) is 4.19. The maximum absolute atomic E-state index is 6.42. The molecule has 2 aromatic rings. The van der Waals surface area contributed by atoms with Crippen molar-refractivity contribution < 1.29 is 0 Å². The zero-order valence-corrected chi connectivity index (χ0v) is 11.4. The minimum absolute atomic E-state index is 0.242. The van der Waals surface area contributed by atoms with Gasteiger partial charge in [0.15, 0.2) is 0 Å². The summed E-state index contributed by atoms with van der Waals surface area (Å²) in [4.78, 5) is 4.46. The Morgan fingerprint density at radius 3 is 2.74 bits per heavy atom. The molecular weight excluding hydrogens is 238 g/mol. The van der Waals surface area contributed by atoms with Crippen LogP contribution in [-0.2, 0) is 0 Å². The Labute approximate surface area is 112 Å². The van der Waals surface area contributed by atoms with Crippen molar-refractivity contribution >= 4 is 5.78 Å². The van der Waals surface area contributed by atoms with Gasteiger partial charge in [-0.1, -0.05) is 0 Å². The number of fused-ring (bicyclic) bond motifs is 3. The summed E-state index contributed by atoms with van der Waals surface area (Å²) < 4.78 is 2.10. The number of hydrogen-bond acceptors (Lipinski definition) is 4. The van der Waals surface area contributed by atoms with Gasteiger partial charge in [-0.25, -0.2) is 4.98 Å². The van der Waals surface area contributed by atoms with Gasteiger partial charge in [0.05, 0.1) is 0 Å². The third-order valence-electron chi connectivity index (χ3n) is 5.00. The Balaban J connectivity index is 1.88. The molecule has 5 nitrogen and oxygen atoms in total. The zero-order chi connectivity index (χ0) is 13.1. The SMILES string of the molecule is Cc1cc(C)n2c(C3C4CCC(C4)C3N)nnc2n1. The number of nitrogens with zero attached hydrogens (tertiary/aromatic N) is 4. The molecule has 2 bridgehead atoms. The van der Waals surface area contributed by atoms with Crippen molar-refractivity contribution in [3.63, 3.8) is 0 Å². The molecule has 0 aliphatic heterocycles. The van der Waals surface area contributed by atoms with E-state index in [0.717, 1.165) is 17.2 Å². The van der Waals surface area contributed by atoms with E-state index >= 15 is 0 Å². The highest BCUT2D eigenvalue weighted by Gasteiger charge is 2.48. The molecule has 2 N–H and O–H groups in total. The molecule has 4 rings (SSSR count). The molecule has 0 radical (unpaired) electrons. The monoisotopic (exact) mass is 257 g/mol. The molecule has 0 aromatic carbocycles. The van der Waals surface area contributed by atoms with Crippen LogP contribution in [0.5, 0.6) is 0 Å². The minimum Gasteiger partial charge on any atom is -0.327 e. The Bertz CT molecular complexity index is 645. The Hall–Kier alpha value is -1.49. The maximum Gasteiger partial charge on any atom is 0.255 e. The highest BCUT2D eigenvalue weighted by atomic mass is 15.3. The predicted octanol–water partition coefficient (Wildman–Crippen LogP) is 1.58. The normalized spacial score (nSPS) is 33.4. The van der Waals surface area contributed by atoms with Gasteiger partial charge in [-0.3, -0.25) is 4.40 Å². The third kappa shape index (κ3) is 1.48. The van der Waals surface area contributed by atoms with Crippen molar-refractivity contribution in [2.75, 3.05) is 0 Å². The summed E-state index contributed by atoms with van der Waals surface area (Å²) in [5.41, 5.74) is 8.56. The molecule has 0 spiro atoms. The van der Waals surface area contributed by atoms with Crippen LogP contribution in [0.1, 0.15) is 42.4 Å². The van der Waals surface area contributed by atoms with Gasteiger partial charge in [-0.05, 0) is 51.0 Å². The van der Waals surface area contributed by atoms with E-state index in [-0.39, 0.29) is 6.04 Å². The average Bonchev–Trinajstić information content (AvgIpc) is 3.02. The molecule has 2 heterocycles. The molecule has 5 heteroatoms. The molecule has 2 fully saturated rings. The van der Waals surface area contributed by atoms with Gasteiger partial charge in [0.1, 0.15) is 5.82 Å². The molecule has 2 aliphatic rings. The van der Waals surface area contributed by atoms with Crippen LogP contribution in [0.4, 0.5) is 0 Å². The minimum atomic E-state index is 0.242. The summed E-state index contributed by atoms with van der Waals surface area (Å²) in [6.07, 6.45) is 3.84. The van der Waals surface area contributed by atoms with E-state index < -0.39 is 0 Å². The lowest BCUT2D eigenvalue weighted by Gasteiger charge is -2.26. The third-order valence-corrected chi connectivity index (χ3v) is 5.00. The summed E-state index contributed by atoms with van der Waals surface area (Å²) in [5.74, 6) is 3.47. The first kappa shape index (κ1) is 11.3. The van der Waals surface area contributed by atoms with Crippen molar-refractivity contribution in [3.05, 3.63) is 23.3 Å². The lowest BCUT2D eigenvalue weighted by Crippen LogP contribution is -2.35. The summed E-state index contributed by atoms with van der Waals surface area (Å²) in [5, 5.41) is 8.67. The van der Waals surface area contributed by atoms with Crippen molar-refractivity contribution in [2.45, 2.75) is 45.1 Å². The standard InChI is InChI=1S/C14H19N5/c1-7-5-8(2)19-13(17-18-14(19)16-7)11-9-3-4-10(6-9)12(11)15/h5,9-12H,3-4,6,15H2,1-2H3. The molecule has 4 unspecified atom stereocenters. The van der Waals surface area contributed by atoms with Gasteiger partial charge in [-0.2, -0.15) is 0 Å². The number of nitrogens with two attached hydrogens (primary N) is 1. The second kappa shape index (κ2) is 3.76. The van der Waals surface area contributed by atoms with Crippen molar-refractivity contribution in [1.29, 1.82) is 0 Å². The lowest BCUT2D eigenvalue weighted by molar-refractivity contribution is 0.352. The number of hydrogen-bond donors (Lipinski definition) is 1. The molecule has 2 saturated carbocycles. The first-order valence-corrected chi connectivity index (χ1v) is 7.10. The molecule has 0 saturated heterocycles. The van der Waals surface area contributed by atoms with Crippen LogP contribution in [0.2, 0.25) is 0 Å². The van der Waals surface area contributed by atoms with Crippen molar-refractivity contribution in [2.24, 2.45) is 17.6 Å². The number of aromatic nitrogens is 4. The summed E-state index contributed by atoms with van der Waals surface area (Å²) in [6, 6.07) is 2.32. The topological polar surface area (TPSA) is 69.1 Å². The van der Waals surface area contributed by atoms with Crippen LogP contribution < -0.4 is 5.73 Å². The largest absolute Gasteiger partial charge is 0.327 e. The number of aryl methyl sites for hydroxylation is 2. The summed E-state index contributed by atoms with van der Waals surface area (Å²) in [6.45, 7) is 4.08. The fourth-order valence-electron chi connectivity index (χ4n) is 4.19. The van der Waals surface area contributed by atoms with Crippen LogP contribution in [0, 0.1) is 25.7 Å². The summed E-state index contributed by atoms with van der Waals surface area (Å²) >= 11 is 0. The maximum atomic E-state index is 6.42. The van der Waals surface area contributed by atoms with Gasteiger partial charge in [0.2, 0.25) is 0 Å². The van der Waals surface area contributed by atoms with Crippen molar-refractivity contribution in [3.8, 4) is 0 Å². The molecule has 100 valence electrons. The van der Waals surface area contributed by atoms with E-state index in [0.29, 0.717) is 23.5 Å². The van der Waals surface area contributed by atoms with Gasteiger partial charge in [-0.15, -0.1) is 10.2 Å². The molecular formula is C14H19N5. The van der Waals surface area contributed by atoms with Crippen LogP contribution >= 0.6 is 0 Å². The van der Waals surface area contributed by atoms with E-state index in [4.69, 9.17) is 5.73 Å². The van der Waals surface area contributed by atoms with E-state index in [1.54, 1.807) is 0 Å². The second-order valence-electron chi connectivity index (χ2n) is 6.17. The summed E-state index contributed by atoms with van der Waals surface area (Å²) in [7, 11) is 0. The van der Waals surface area contributed by atoms with Crippen LogP contribution in [-0.4, -0.2) is 25.6 Å². The second-order valence-corrected chi connectivity index (χ2v) is 6.17. The molecule has 4 atom stereocenters. The molecule has 19 heavy (non-hydrogen) atoms. The van der Waals surface area contributed by atoms with Gasteiger partial charge in [0, 0.05) is 23.3 Å². The van der Waals surface area contributed by atoms with E-state index in [2.05, 4.69) is 32.6 Å². The molecule has 0 amide bonds. The van der Waals surface area contributed by atoms with Crippen LogP contribution in [0.15, 0.2) is 6.07 Å². The fraction of sp³-hybridized carbons (Fsp3) is 0.643. The smallest absolute Gasteiger partial charge is 0.255 e. The van der Waals surface area contributed by atoms with E-state index in [1.807, 2.05) is 6.92 Å². The Morgan fingerprint density at radius 1 is 1.21 bits per heavy atom. The van der Waals surface area contributed by atoms with Crippen LogP contribution in [0.3, 0.4) is 0 Å². The average molecular weight is 257 g/mol. The van der Waals surface area contributed by atoms with E-state index in [9.17, 15) is 0 Å². The number of rotatable bonds is 1. The Kier molecular flexibility index (Phi) is 2.24. The predicted molar refractivity (Wildman–Crippen MR) is 71.8 cm³/mol. The van der Waals surface area contributed by atoms with Crippen molar-refractivity contribution in [1.82, 2.24) is 19.6 Å². The quantitative estimate of drug-likeness (QED) is 0.842. The highest BCUT2D eigenvalue weighted by Crippen LogP contribution is 2.51. The lowest BCUT2D eigenvalue weighted by atomic mass is 9.84.